The van der Waals surface area contributed by atoms with Crippen LogP contribution in [0, 0.1) is 0 Å². The SMILES string of the molecule is CC(N)CCSC1CCOC2(CCOC2)C1. The zero-order chi connectivity index (χ0) is 11.4. The largest absolute Gasteiger partial charge is 0.378 e. The lowest BCUT2D eigenvalue weighted by molar-refractivity contribution is -0.0769. The lowest BCUT2D eigenvalue weighted by atomic mass is 9.93. The van der Waals surface area contributed by atoms with Gasteiger partial charge in [0.2, 0.25) is 0 Å². The zero-order valence-electron chi connectivity index (χ0n) is 10.1. The van der Waals surface area contributed by atoms with Crippen molar-refractivity contribution in [3.05, 3.63) is 0 Å². The topological polar surface area (TPSA) is 44.5 Å². The molecule has 0 aromatic rings. The van der Waals surface area contributed by atoms with E-state index < -0.39 is 0 Å². The molecular weight excluding hydrogens is 222 g/mol. The predicted octanol–water partition coefficient (Wildman–Crippen LogP) is 1.80. The maximum Gasteiger partial charge on any atom is 0.0947 e. The lowest BCUT2D eigenvalue weighted by Crippen LogP contribution is -2.41. The first-order valence-electron chi connectivity index (χ1n) is 6.29. The van der Waals surface area contributed by atoms with E-state index in [1.54, 1.807) is 0 Å². The van der Waals surface area contributed by atoms with Gasteiger partial charge in [0.15, 0.2) is 0 Å². The molecule has 4 heteroatoms. The molecule has 2 saturated heterocycles. The van der Waals surface area contributed by atoms with E-state index in [2.05, 4.69) is 18.7 Å². The minimum Gasteiger partial charge on any atom is -0.378 e. The van der Waals surface area contributed by atoms with Crippen molar-refractivity contribution in [1.29, 1.82) is 0 Å². The quantitative estimate of drug-likeness (QED) is 0.820. The van der Waals surface area contributed by atoms with Crippen LogP contribution in [0.2, 0.25) is 0 Å². The third-order valence-corrected chi connectivity index (χ3v) is 4.79. The van der Waals surface area contributed by atoms with Crippen LogP contribution in [0.4, 0.5) is 0 Å². The molecule has 0 amide bonds. The van der Waals surface area contributed by atoms with Gasteiger partial charge < -0.3 is 15.2 Å². The number of hydrogen-bond donors (Lipinski definition) is 1. The zero-order valence-corrected chi connectivity index (χ0v) is 10.9. The fourth-order valence-corrected chi connectivity index (χ4v) is 3.93. The smallest absolute Gasteiger partial charge is 0.0947 e. The van der Waals surface area contributed by atoms with E-state index in [-0.39, 0.29) is 5.60 Å². The molecule has 2 fully saturated rings. The molecule has 2 N–H and O–H groups in total. The summed E-state index contributed by atoms with van der Waals surface area (Å²) in [5, 5.41) is 0.745. The van der Waals surface area contributed by atoms with Crippen LogP contribution in [0.5, 0.6) is 0 Å². The molecule has 16 heavy (non-hydrogen) atoms. The van der Waals surface area contributed by atoms with Crippen LogP contribution in [0.15, 0.2) is 0 Å². The van der Waals surface area contributed by atoms with Crippen LogP contribution in [0.3, 0.4) is 0 Å². The molecular formula is C12H23NO2S. The molecule has 3 nitrogen and oxygen atoms in total. The monoisotopic (exact) mass is 245 g/mol. The molecule has 2 aliphatic rings. The van der Waals surface area contributed by atoms with Crippen molar-refractivity contribution in [2.45, 2.75) is 49.5 Å². The van der Waals surface area contributed by atoms with Crippen molar-refractivity contribution in [1.82, 2.24) is 0 Å². The Labute approximate surface area is 102 Å². The van der Waals surface area contributed by atoms with Gasteiger partial charge in [-0.05, 0) is 31.9 Å². The van der Waals surface area contributed by atoms with Crippen molar-refractivity contribution in [3.63, 3.8) is 0 Å². The van der Waals surface area contributed by atoms with E-state index in [1.807, 2.05) is 0 Å². The van der Waals surface area contributed by atoms with Gasteiger partial charge in [-0.15, -0.1) is 0 Å². The van der Waals surface area contributed by atoms with E-state index in [0.29, 0.717) is 6.04 Å². The molecule has 0 aromatic heterocycles. The minimum absolute atomic E-state index is 0.0598. The maximum atomic E-state index is 5.92. The van der Waals surface area contributed by atoms with Gasteiger partial charge in [-0.2, -0.15) is 11.8 Å². The summed E-state index contributed by atoms with van der Waals surface area (Å²) in [6.07, 6.45) is 4.55. The summed E-state index contributed by atoms with van der Waals surface area (Å²) in [7, 11) is 0. The summed E-state index contributed by atoms with van der Waals surface area (Å²) in [6, 6.07) is 0.330. The fraction of sp³-hybridized carbons (Fsp3) is 1.00. The standard InChI is InChI=1S/C12H23NO2S/c1-10(13)3-7-16-11-2-5-15-12(8-11)4-6-14-9-12/h10-11H,2-9,13H2,1H3. The van der Waals surface area contributed by atoms with Crippen molar-refractivity contribution in [2.75, 3.05) is 25.6 Å². The van der Waals surface area contributed by atoms with Gasteiger partial charge in [-0.3, -0.25) is 0 Å². The van der Waals surface area contributed by atoms with Crippen LogP contribution in [0.1, 0.15) is 32.6 Å². The molecule has 3 unspecified atom stereocenters. The van der Waals surface area contributed by atoms with Crippen LogP contribution >= 0.6 is 11.8 Å². The van der Waals surface area contributed by atoms with Crippen LogP contribution in [-0.4, -0.2) is 42.5 Å². The Morgan fingerprint density at radius 3 is 3.06 bits per heavy atom. The fourth-order valence-electron chi connectivity index (χ4n) is 2.41. The van der Waals surface area contributed by atoms with E-state index in [9.17, 15) is 0 Å². The van der Waals surface area contributed by atoms with Crippen molar-refractivity contribution < 1.29 is 9.47 Å². The second kappa shape index (κ2) is 5.71. The summed E-state index contributed by atoms with van der Waals surface area (Å²) >= 11 is 2.07. The summed E-state index contributed by atoms with van der Waals surface area (Å²) in [4.78, 5) is 0. The van der Waals surface area contributed by atoms with Crippen LogP contribution < -0.4 is 5.73 Å². The predicted molar refractivity (Wildman–Crippen MR) is 67.9 cm³/mol. The molecule has 2 rings (SSSR count). The first kappa shape index (κ1) is 12.7. The molecule has 0 bridgehead atoms. The average Bonchev–Trinajstić information content (AvgIpc) is 2.66. The molecule has 0 radical (unpaired) electrons. The molecule has 0 saturated carbocycles. The van der Waals surface area contributed by atoms with Gasteiger partial charge in [-0.1, -0.05) is 0 Å². The van der Waals surface area contributed by atoms with Crippen molar-refractivity contribution in [2.24, 2.45) is 5.73 Å². The molecule has 94 valence electrons. The summed E-state index contributed by atoms with van der Waals surface area (Å²) in [5.74, 6) is 1.18. The highest BCUT2D eigenvalue weighted by molar-refractivity contribution is 7.99. The Morgan fingerprint density at radius 2 is 2.38 bits per heavy atom. The Hall–Kier alpha value is 0.230. The highest BCUT2D eigenvalue weighted by Gasteiger charge is 2.40. The molecule has 3 atom stereocenters. The van der Waals surface area contributed by atoms with Crippen LogP contribution in [-0.2, 0) is 9.47 Å². The lowest BCUT2D eigenvalue weighted by Gasteiger charge is -2.36. The Kier molecular flexibility index (Phi) is 4.53. The number of hydrogen-bond acceptors (Lipinski definition) is 4. The normalized spacial score (nSPS) is 36.8. The van der Waals surface area contributed by atoms with Gasteiger partial charge in [0.1, 0.15) is 0 Å². The number of ether oxygens (including phenoxy) is 2. The summed E-state index contributed by atoms with van der Waals surface area (Å²) in [5.41, 5.74) is 5.83. The van der Waals surface area contributed by atoms with Crippen molar-refractivity contribution in [3.8, 4) is 0 Å². The Balaban J connectivity index is 1.74. The van der Waals surface area contributed by atoms with Gasteiger partial charge in [0.25, 0.3) is 0 Å². The Morgan fingerprint density at radius 1 is 1.50 bits per heavy atom. The van der Waals surface area contributed by atoms with Gasteiger partial charge in [0.05, 0.1) is 12.2 Å². The van der Waals surface area contributed by atoms with Crippen LogP contribution in [0.25, 0.3) is 0 Å². The number of rotatable bonds is 4. The molecule has 0 aliphatic carbocycles. The first-order valence-corrected chi connectivity index (χ1v) is 7.34. The molecule has 1 spiro atoms. The second-order valence-corrected chi connectivity index (χ2v) is 6.49. The Bertz CT molecular complexity index is 217. The van der Waals surface area contributed by atoms with Gasteiger partial charge in [0, 0.05) is 30.9 Å². The van der Waals surface area contributed by atoms with Crippen molar-refractivity contribution >= 4 is 11.8 Å². The van der Waals surface area contributed by atoms with Gasteiger partial charge in [-0.25, -0.2) is 0 Å². The maximum absolute atomic E-state index is 5.92. The second-order valence-electron chi connectivity index (χ2n) is 5.09. The summed E-state index contributed by atoms with van der Waals surface area (Å²) < 4.78 is 11.4. The van der Waals surface area contributed by atoms with E-state index in [4.69, 9.17) is 15.2 Å². The number of nitrogens with two attached hydrogens (primary N) is 1. The third kappa shape index (κ3) is 3.36. The van der Waals surface area contributed by atoms with E-state index in [0.717, 1.165) is 44.3 Å². The van der Waals surface area contributed by atoms with Gasteiger partial charge >= 0.3 is 0 Å². The molecule has 0 aromatic carbocycles. The molecule has 2 aliphatic heterocycles. The highest BCUT2D eigenvalue weighted by atomic mass is 32.2. The molecule has 2 heterocycles. The minimum atomic E-state index is 0.0598. The third-order valence-electron chi connectivity index (χ3n) is 3.44. The summed E-state index contributed by atoms with van der Waals surface area (Å²) in [6.45, 7) is 4.66. The first-order chi connectivity index (χ1) is 7.70. The highest BCUT2D eigenvalue weighted by Crippen LogP contribution is 2.37. The van der Waals surface area contributed by atoms with E-state index >= 15 is 0 Å². The van der Waals surface area contributed by atoms with E-state index in [1.165, 1.54) is 12.2 Å². The number of thioether (sulfide) groups is 1. The average molecular weight is 245 g/mol.